The highest BCUT2D eigenvalue weighted by Gasteiger charge is 2.23. The van der Waals surface area contributed by atoms with Gasteiger partial charge >= 0.3 is 5.97 Å². The lowest BCUT2D eigenvalue weighted by molar-refractivity contribution is -0.131. The van der Waals surface area contributed by atoms with Crippen LogP contribution in [0.2, 0.25) is 0 Å². The summed E-state index contributed by atoms with van der Waals surface area (Å²) >= 11 is 0. The van der Waals surface area contributed by atoms with E-state index in [-0.39, 0.29) is 18.3 Å². The minimum absolute atomic E-state index is 0.0795. The van der Waals surface area contributed by atoms with Crippen LogP contribution in [0.5, 0.6) is 0 Å². The molecule has 1 heterocycles. The van der Waals surface area contributed by atoms with Gasteiger partial charge in [-0.25, -0.2) is 9.18 Å². The molecule has 0 bridgehead atoms. The van der Waals surface area contributed by atoms with Crippen molar-refractivity contribution < 1.29 is 19.1 Å². The van der Waals surface area contributed by atoms with Gasteiger partial charge in [-0.05, 0) is 30.2 Å². The van der Waals surface area contributed by atoms with Crippen molar-refractivity contribution in [1.29, 1.82) is 0 Å². The highest BCUT2D eigenvalue weighted by atomic mass is 19.1. The largest absolute Gasteiger partial charge is 0.478 e. The molecule has 0 radical (unpaired) electrons. The maximum atomic E-state index is 13.1. The predicted octanol–water partition coefficient (Wildman–Crippen LogP) is 1.75. The Hall–Kier alpha value is -2.17. The summed E-state index contributed by atoms with van der Waals surface area (Å²) in [5.74, 6) is -1.47. The highest BCUT2D eigenvalue weighted by molar-refractivity contribution is 5.96. The molecule has 94 valence electrons. The Morgan fingerprint density at radius 2 is 2.22 bits per heavy atom. The van der Waals surface area contributed by atoms with Gasteiger partial charge in [0.1, 0.15) is 5.82 Å². The van der Waals surface area contributed by atoms with Crippen molar-refractivity contribution in [3.05, 3.63) is 41.7 Å². The Morgan fingerprint density at radius 3 is 2.94 bits per heavy atom. The van der Waals surface area contributed by atoms with Crippen LogP contribution in [0.4, 0.5) is 10.1 Å². The van der Waals surface area contributed by atoms with E-state index in [2.05, 4.69) is 0 Å². The Kier molecular flexibility index (Phi) is 3.41. The first-order valence-corrected chi connectivity index (χ1v) is 5.56. The number of hydrogen-bond acceptors (Lipinski definition) is 2. The predicted molar refractivity (Wildman–Crippen MR) is 63.8 cm³/mol. The summed E-state index contributed by atoms with van der Waals surface area (Å²) in [6, 6.07) is 4.26. The first-order chi connectivity index (χ1) is 8.58. The molecule has 0 unspecified atom stereocenters. The van der Waals surface area contributed by atoms with Gasteiger partial charge in [0.2, 0.25) is 5.91 Å². The van der Waals surface area contributed by atoms with Crippen LogP contribution in [0.3, 0.4) is 0 Å². The average molecular weight is 249 g/mol. The van der Waals surface area contributed by atoms with Crippen molar-refractivity contribution in [1.82, 2.24) is 0 Å². The van der Waals surface area contributed by atoms with Crippen molar-refractivity contribution in [3.63, 3.8) is 0 Å². The standard InChI is InChI=1S/C13H12FNO3/c14-10-4-5-11-9(8-10)3-6-12(16)15(11)7-1-2-13(17)18/h1-2,4-5,8H,3,6-7H2,(H,17,18)/b2-1+. The van der Waals surface area contributed by atoms with Crippen molar-refractivity contribution in [2.75, 3.05) is 11.4 Å². The molecular formula is C13H12FNO3. The lowest BCUT2D eigenvalue weighted by Gasteiger charge is -2.28. The number of rotatable bonds is 3. The second kappa shape index (κ2) is 5.00. The number of aryl methyl sites for hydroxylation is 1. The van der Waals surface area contributed by atoms with Crippen molar-refractivity contribution in [3.8, 4) is 0 Å². The fourth-order valence-corrected chi connectivity index (χ4v) is 1.99. The molecule has 0 aliphatic carbocycles. The Balaban J connectivity index is 2.25. The smallest absolute Gasteiger partial charge is 0.328 e. The average Bonchev–Trinajstić information content (AvgIpc) is 2.31. The van der Waals surface area contributed by atoms with Gasteiger partial charge in [0.15, 0.2) is 0 Å². The van der Waals surface area contributed by atoms with Crippen molar-refractivity contribution >= 4 is 17.6 Å². The van der Waals surface area contributed by atoms with Crippen LogP contribution in [-0.4, -0.2) is 23.5 Å². The minimum atomic E-state index is -1.06. The van der Waals surface area contributed by atoms with Crippen LogP contribution in [0.1, 0.15) is 12.0 Å². The molecule has 1 aliphatic rings. The van der Waals surface area contributed by atoms with E-state index in [1.165, 1.54) is 23.1 Å². The number of carboxylic acids is 1. The SMILES string of the molecule is O=C(O)/C=C/CN1C(=O)CCc2cc(F)ccc21. The van der Waals surface area contributed by atoms with E-state index in [0.717, 1.165) is 11.6 Å². The van der Waals surface area contributed by atoms with E-state index in [0.29, 0.717) is 18.5 Å². The van der Waals surface area contributed by atoms with E-state index in [1.807, 2.05) is 0 Å². The molecule has 1 N–H and O–H groups in total. The van der Waals surface area contributed by atoms with Gasteiger partial charge in [0, 0.05) is 24.7 Å². The quantitative estimate of drug-likeness (QED) is 0.830. The monoisotopic (exact) mass is 249 g/mol. The second-order valence-electron chi connectivity index (χ2n) is 4.02. The number of carbonyl (C=O) groups is 2. The molecular weight excluding hydrogens is 237 g/mol. The Bertz CT molecular complexity index is 525. The number of aliphatic carboxylic acids is 1. The van der Waals surface area contributed by atoms with Gasteiger partial charge in [-0.2, -0.15) is 0 Å². The number of nitrogens with zero attached hydrogens (tertiary/aromatic N) is 1. The number of amides is 1. The molecule has 0 spiro atoms. The number of halogens is 1. The van der Waals surface area contributed by atoms with Crippen LogP contribution < -0.4 is 4.90 Å². The zero-order valence-corrected chi connectivity index (χ0v) is 9.60. The van der Waals surface area contributed by atoms with Gasteiger partial charge < -0.3 is 10.0 Å². The topological polar surface area (TPSA) is 57.6 Å². The zero-order chi connectivity index (χ0) is 13.1. The first kappa shape index (κ1) is 12.3. The van der Waals surface area contributed by atoms with Crippen LogP contribution >= 0.6 is 0 Å². The second-order valence-corrected chi connectivity index (χ2v) is 4.02. The summed E-state index contributed by atoms with van der Waals surface area (Å²) in [5.41, 5.74) is 1.43. The summed E-state index contributed by atoms with van der Waals surface area (Å²) in [6.07, 6.45) is 3.23. The van der Waals surface area contributed by atoms with E-state index in [9.17, 15) is 14.0 Å². The number of fused-ring (bicyclic) bond motifs is 1. The Morgan fingerprint density at radius 1 is 1.44 bits per heavy atom. The van der Waals surface area contributed by atoms with E-state index in [1.54, 1.807) is 6.07 Å². The molecule has 5 heteroatoms. The molecule has 1 aliphatic heterocycles. The normalized spacial score (nSPS) is 14.9. The third-order valence-electron chi connectivity index (χ3n) is 2.79. The van der Waals surface area contributed by atoms with Crippen LogP contribution in [0.15, 0.2) is 30.4 Å². The van der Waals surface area contributed by atoms with Gasteiger partial charge in [-0.3, -0.25) is 4.79 Å². The van der Waals surface area contributed by atoms with Crippen molar-refractivity contribution in [2.45, 2.75) is 12.8 Å². The molecule has 0 saturated heterocycles. The van der Waals surface area contributed by atoms with Crippen molar-refractivity contribution in [2.24, 2.45) is 0 Å². The molecule has 0 atom stereocenters. The maximum Gasteiger partial charge on any atom is 0.328 e. The number of carboxylic acid groups (broad SMARTS) is 1. The van der Waals surface area contributed by atoms with Gasteiger partial charge in [0.05, 0.1) is 0 Å². The third-order valence-corrected chi connectivity index (χ3v) is 2.79. The van der Waals surface area contributed by atoms with Crippen LogP contribution in [0, 0.1) is 5.82 Å². The molecule has 4 nitrogen and oxygen atoms in total. The zero-order valence-electron chi connectivity index (χ0n) is 9.60. The molecule has 0 aromatic heterocycles. The lowest BCUT2D eigenvalue weighted by Crippen LogP contribution is -2.35. The molecule has 1 aromatic carbocycles. The van der Waals surface area contributed by atoms with Gasteiger partial charge in [0.25, 0.3) is 0 Å². The number of anilines is 1. The van der Waals surface area contributed by atoms with Crippen LogP contribution in [-0.2, 0) is 16.0 Å². The summed E-state index contributed by atoms with van der Waals surface area (Å²) < 4.78 is 13.1. The fourth-order valence-electron chi connectivity index (χ4n) is 1.99. The van der Waals surface area contributed by atoms with E-state index >= 15 is 0 Å². The number of hydrogen-bond donors (Lipinski definition) is 1. The molecule has 1 aromatic rings. The first-order valence-electron chi connectivity index (χ1n) is 5.56. The Labute approximate surface area is 103 Å². The van der Waals surface area contributed by atoms with E-state index < -0.39 is 5.97 Å². The lowest BCUT2D eigenvalue weighted by atomic mass is 10.0. The molecule has 2 rings (SSSR count). The van der Waals surface area contributed by atoms with Crippen LogP contribution in [0.25, 0.3) is 0 Å². The molecule has 0 fully saturated rings. The fraction of sp³-hybridized carbons (Fsp3) is 0.231. The maximum absolute atomic E-state index is 13.1. The minimum Gasteiger partial charge on any atom is -0.478 e. The number of benzene rings is 1. The molecule has 18 heavy (non-hydrogen) atoms. The summed E-state index contributed by atoms with van der Waals surface area (Å²) in [7, 11) is 0. The highest BCUT2D eigenvalue weighted by Crippen LogP contribution is 2.28. The summed E-state index contributed by atoms with van der Waals surface area (Å²) in [4.78, 5) is 23.6. The number of carbonyl (C=O) groups excluding carboxylic acids is 1. The van der Waals surface area contributed by atoms with Gasteiger partial charge in [-0.1, -0.05) is 6.08 Å². The molecule has 0 saturated carbocycles. The van der Waals surface area contributed by atoms with E-state index in [4.69, 9.17) is 5.11 Å². The molecule has 1 amide bonds. The summed E-state index contributed by atoms with van der Waals surface area (Å²) in [5, 5.41) is 8.50. The third kappa shape index (κ3) is 2.56. The summed E-state index contributed by atoms with van der Waals surface area (Å²) in [6.45, 7) is 0.184. The van der Waals surface area contributed by atoms with Gasteiger partial charge in [-0.15, -0.1) is 0 Å².